The molecule has 4 nitrogen and oxygen atoms in total. The fourth-order valence-electron chi connectivity index (χ4n) is 1.76. The second-order valence-electron chi connectivity index (χ2n) is 5.45. The molecular weight excluding hydrogens is 192 g/mol. The van der Waals surface area contributed by atoms with E-state index in [2.05, 4.69) is 0 Å². The van der Waals surface area contributed by atoms with Crippen LogP contribution in [-0.4, -0.2) is 28.8 Å². The van der Waals surface area contributed by atoms with Crippen molar-refractivity contribution < 1.29 is 9.53 Å². The smallest absolute Gasteiger partial charge is 0.411 e. The topological polar surface area (TPSA) is 55.6 Å². The number of nitrogens with zero attached hydrogens (tertiary/aromatic N) is 1. The molecule has 0 unspecified atom stereocenters. The van der Waals surface area contributed by atoms with Crippen molar-refractivity contribution in [3.63, 3.8) is 0 Å². The standard InChI is InChI=1S/C11H22N2O2/c1-10(2,3)15-9(14)13-8-6-5-7-11(13,4)12/h5-8,12H2,1-4H3/t11-/m0/s1. The number of likely N-dealkylation sites (tertiary alicyclic amines) is 1. The van der Waals surface area contributed by atoms with Crippen LogP contribution in [0, 0.1) is 0 Å². The molecule has 0 aromatic rings. The number of carbonyl (C=O) groups excluding carboxylic acids is 1. The highest BCUT2D eigenvalue weighted by molar-refractivity contribution is 5.69. The van der Waals surface area contributed by atoms with Crippen LogP contribution in [0.15, 0.2) is 0 Å². The molecular formula is C11H22N2O2. The van der Waals surface area contributed by atoms with Crippen LogP contribution in [0.4, 0.5) is 4.79 Å². The number of carbonyl (C=O) groups is 1. The first-order chi connectivity index (χ1) is 6.72. The molecule has 0 radical (unpaired) electrons. The van der Waals surface area contributed by atoms with Gasteiger partial charge in [0, 0.05) is 6.54 Å². The lowest BCUT2D eigenvalue weighted by Crippen LogP contribution is -2.59. The Morgan fingerprint density at radius 1 is 1.40 bits per heavy atom. The molecule has 1 heterocycles. The average Bonchev–Trinajstić information content (AvgIpc) is 1.99. The fraction of sp³-hybridized carbons (Fsp3) is 0.909. The maximum Gasteiger partial charge on any atom is 0.411 e. The van der Waals surface area contributed by atoms with Crippen LogP contribution in [0.3, 0.4) is 0 Å². The first-order valence-electron chi connectivity index (χ1n) is 5.52. The Kier molecular flexibility index (Phi) is 3.28. The van der Waals surface area contributed by atoms with Gasteiger partial charge in [-0.15, -0.1) is 0 Å². The molecule has 15 heavy (non-hydrogen) atoms. The molecule has 1 amide bonds. The van der Waals surface area contributed by atoms with Gasteiger partial charge in [0.25, 0.3) is 0 Å². The van der Waals surface area contributed by atoms with Crippen molar-refractivity contribution in [3.05, 3.63) is 0 Å². The van der Waals surface area contributed by atoms with Gasteiger partial charge in [0.05, 0.1) is 5.66 Å². The van der Waals surface area contributed by atoms with E-state index in [1.165, 1.54) is 0 Å². The van der Waals surface area contributed by atoms with E-state index in [9.17, 15) is 4.79 Å². The summed E-state index contributed by atoms with van der Waals surface area (Å²) in [5.74, 6) is 0. The van der Waals surface area contributed by atoms with E-state index in [0.29, 0.717) is 6.54 Å². The summed E-state index contributed by atoms with van der Waals surface area (Å²) in [7, 11) is 0. The summed E-state index contributed by atoms with van der Waals surface area (Å²) in [4.78, 5) is 13.5. The van der Waals surface area contributed by atoms with Crippen LogP contribution in [0.2, 0.25) is 0 Å². The van der Waals surface area contributed by atoms with Gasteiger partial charge in [-0.1, -0.05) is 0 Å². The van der Waals surface area contributed by atoms with Crippen LogP contribution in [0.25, 0.3) is 0 Å². The second kappa shape index (κ2) is 4.00. The quantitative estimate of drug-likeness (QED) is 0.671. The monoisotopic (exact) mass is 214 g/mol. The summed E-state index contributed by atoms with van der Waals surface area (Å²) >= 11 is 0. The highest BCUT2D eigenvalue weighted by atomic mass is 16.6. The maximum absolute atomic E-state index is 11.9. The van der Waals surface area contributed by atoms with E-state index < -0.39 is 11.3 Å². The Bertz CT molecular complexity index is 243. The normalized spacial score (nSPS) is 27.7. The number of hydrogen-bond donors (Lipinski definition) is 1. The molecule has 88 valence electrons. The van der Waals surface area contributed by atoms with Crippen molar-refractivity contribution in [1.29, 1.82) is 0 Å². The number of hydrogen-bond acceptors (Lipinski definition) is 3. The zero-order chi connectivity index (χ0) is 11.7. The van der Waals surface area contributed by atoms with Crippen LogP contribution >= 0.6 is 0 Å². The lowest BCUT2D eigenvalue weighted by Gasteiger charge is -2.42. The molecule has 0 aliphatic carbocycles. The van der Waals surface area contributed by atoms with Crippen molar-refractivity contribution in [2.45, 2.75) is 58.2 Å². The summed E-state index contributed by atoms with van der Waals surface area (Å²) < 4.78 is 5.32. The molecule has 1 aliphatic heterocycles. The third-order valence-corrected chi connectivity index (χ3v) is 2.55. The number of nitrogens with two attached hydrogens (primary N) is 1. The molecule has 4 heteroatoms. The minimum Gasteiger partial charge on any atom is -0.444 e. The van der Waals surface area contributed by atoms with E-state index >= 15 is 0 Å². The SMILES string of the molecule is CC(C)(C)OC(=O)N1CCCC[C@@]1(C)N. The Labute approximate surface area is 91.8 Å². The molecule has 0 spiro atoms. The maximum atomic E-state index is 11.9. The van der Waals surface area contributed by atoms with Crippen LogP contribution in [0.5, 0.6) is 0 Å². The van der Waals surface area contributed by atoms with E-state index in [4.69, 9.17) is 10.5 Å². The molecule has 1 aliphatic rings. The Hall–Kier alpha value is -0.770. The summed E-state index contributed by atoms with van der Waals surface area (Å²) in [6.45, 7) is 8.17. The summed E-state index contributed by atoms with van der Waals surface area (Å²) in [5.41, 5.74) is 5.06. The zero-order valence-corrected chi connectivity index (χ0v) is 10.2. The molecule has 0 saturated carbocycles. The number of amides is 1. The van der Waals surface area contributed by atoms with E-state index in [1.807, 2.05) is 27.7 Å². The molecule has 1 rings (SSSR count). The minimum absolute atomic E-state index is 0.299. The van der Waals surface area contributed by atoms with Crippen LogP contribution in [-0.2, 0) is 4.74 Å². The Balaban J connectivity index is 2.65. The predicted octanol–water partition coefficient (Wildman–Crippen LogP) is 2.08. The molecule has 0 bridgehead atoms. The lowest BCUT2D eigenvalue weighted by molar-refractivity contribution is -0.00940. The van der Waals surface area contributed by atoms with Gasteiger partial charge in [0.1, 0.15) is 5.60 Å². The van der Waals surface area contributed by atoms with E-state index in [1.54, 1.807) is 4.90 Å². The van der Waals surface area contributed by atoms with Gasteiger partial charge in [-0.25, -0.2) is 4.79 Å². The lowest BCUT2D eigenvalue weighted by atomic mass is 9.98. The third kappa shape index (κ3) is 3.38. The predicted molar refractivity (Wildman–Crippen MR) is 59.4 cm³/mol. The first-order valence-corrected chi connectivity index (χ1v) is 5.52. The largest absolute Gasteiger partial charge is 0.444 e. The fourth-order valence-corrected chi connectivity index (χ4v) is 1.76. The second-order valence-corrected chi connectivity index (χ2v) is 5.45. The van der Waals surface area contributed by atoms with Crippen molar-refractivity contribution in [3.8, 4) is 0 Å². The van der Waals surface area contributed by atoms with Gasteiger partial charge in [-0.2, -0.15) is 0 Å². The number of piperidine rings is 1. The summed E-state index contributed by atoms with van der Waals surface area (Å²) in [6.07, 6.45) is 2.62. The van der Waals surface area contributed by atoms with Gasteiger partial charge in [-0.05, 0) is 47.0 Å². The Morgan fingerprint density at radius 2 is 2.00 bits per heavy atom. The summed E-state index contributed by atoms with van der Waals surface area (Å²) in [5, 5.41) is 0. The summed E-state index contributed by atoms with van der Waals surface area (Å²) in [6, 6.07) is 0. The molecule has 0 aromatic carbocycles. The van der Waals surface area contributed by atoms with Gasteiger partial charge < -0.3 is 10.5 Å². The van der Waals surface area contributed by atoms with E-state index in [-0.39, 0.29) is 6.09 Å². The first kappa shape index (κ1) is 12.3. The molecule has 1 fully saturated rings. The van der Waals surface area contributed by atoms with Gasteiger partial charge in [0.2, 0.25) is 0 Å². The number of ether oxygens (including phenoxy) is 1. The van der Waals surface area contributed by atoms with Crippen molar-refractivity contribution in [2.24, 2.45) is 5.73 Å². The molecule has 1 saturated heterocycles. The molecule has 1 atom stereocenters. The van der Waals surface area contributed by atoms with Crippen molar-refractivity contribution in [1.82, 2.24) is 4.90 Å². The Morgan fingerprint density at radius 3 is 2.47 bits per heavy atom. The molecule has 2 N–H and O–H groups in total. The highest BCUT2D eigenvalue weighted by Gasteiger charge is 2.36. The average molecular weight is 214 g/mol. The van der Waals surface area contributed by atoms with E-state index in [0.717, 1.165) is 19.3 Å². The van der Waals surface area contributed by atoms with Gasteiger partial charge >= 0.3 is 6.09 Å². The third-order valence-electron chi connectivity index (χ3n) is 2.55. The highest BCUT2D eigenvalue weighted by Crippen LogP contribution is 2.24. The molecule has 0 aromatic heterocycles. The van der Waals surface area contributed by atoms with Crippen LogP contribution < -0.4 is 5.73 Å². The van der Waals surface area contributed by atoms with Crippen molar-refractivity contribution in [2.75, 3.05) is 6.54 Å². The zero-order valence-electron chi connectivity index (χ0n) is 10.2. The van der Waals surface area contributed by atoms with Gasteiger partial charge in [0.15, 0.2) is 0 Å². The minimum atomic E-state index is -0.555. The van der Waals surface area contributed by atoms with Gasteiger partial charge in [-0.3, -0.25) is 4.90 Å². The van der Waals surface area contributed by atoms with Crippen LogP contribution in [0.1, 0.15) is 47.0 Å². The van der Waals surface area contributed by atoms with Crippen molar-refractivity contribution >= 4 is 6.09 Å². The number of rotatable bonds is 0.